The Morgan fingerprint density at radius 1 is 1.50 bits per heavy atom. The molecule has 0 saturated heterocycles. The van der Waals surface area contributed by atoms with Gasteiger partial charge in [-0.15, -0.1) is 5.10 Å². The highest BCUT2D eigenvalue weighted by molar-refractivity contribution is 7.05. The number of nitrogens with zero attached hydrogens (tertiary/aromatic N) is 2. The van der Waals surface area contributed by atoms with Crippen LogP contribution in [0.2, 0.25) is 0 Å². The van der Waals surface area contributed by atoms with Gasteiger partial charge in [0, 0.05) is 0 Å². The van der Waals surface area contributed by atoms with Crippen LogP contribution in [0, 0.1) is 0 Å². The largest absolute Gasteiger partial charge is 0.467 e. The highest BCUT2D eigenvalue weighted by Gasteiger charge is 2.21. The quantitative estimate of drug-likeness (QED) is 0.867. The molecule has 0 fully saturated rings. The molecule has 0 radical (unpaired) electrons. The maximum Gasteiger partial charge on any atom is 0.126 e. The van der Waals surface area contributed by atoms with Crippen molar-refractivity contribution in [1.82, 2.24) is 14.9 Å². The lowest BCUT2D eigenvalue weighted by molar-refractivity contribution is 0.454. The van der Waals surface area contributed by atoms with Crippen LogP contribution in [-0.4, -0.2) is 16.1 Å². The number of rotatable bonds is 5. The van der Waals surface area contributed by atoms with Gasteiger partial charge in [-0.05, 0) is 36.6 Å². The van der Waals surface area contributed by atoms with Gasteiger partial charge in [-0.1, -0.05) is 18.3 Å². The van der Waals surface area contributed by atoms with Crippen LogP contribution in [0.1, 0.15) is 36.2 Å². The first-order valence-electron chi connectivity index (χ1n) is 5.44. The van der Waals surface area contributed by atoms with Gasteiger partial charge < -0.3 is 9.73 Å². The Hall–Kier alpha value is -1.20. The summed E-state index contributed by atoms with van der Waals surface area (Å²) in [5.74, 6) is 0.919. The predicted molar refractivity (Wildman–Crippen MR) is 63.5 cm³/mol. The third-order valence-corrected chi connectivity index (χ3v) is 3.25. The first-order valence-corrected chi connectivity index (χ1v) is 6.22. The van der Waals surface area contributed by atoms with Gasteiger partial charge in [-0.2, -0.15) is 0 Å². The van der Waals surface area contributed by atoms with Gasteiger partial charge in [-0.3, -0.25) is 0 Å². The van der Waals surface area contributed by atoms with Gasteiger partial charge in [-0.25, -0.2) is 0 Å². The summed E-state index contributed by atoms with van der Waals surface area (Å²) in [4.78, 5) is 1.15. The van der Waals surface area contributed by atoms with Crippen LogP contribution in [0.25, 0.3) is 0 Å². The van der Waals surface area contributed by atoms with Crippen LogP contribution in [0.3, 0.4) is 0 Å². The summed E-state index contributed by atoms with van der Waals surface area (Å²) in [6.07, 6.45) is 2.59. The van der Waals surface area contributed by atoms with E-state index in [0.717, 1.165) is 29.3 Å². The van der Waals surface area contributed by atoms with Crippen LogP contribution in [0.4, 0.5) is 0 Å². The molecule has 0 aliphatic heterocycles. The third-order valence-electron chi connectivity index (χ3n) is 2.42. The zero-order valence-corrected chi connectivity index (χ0v) is 10.3. The fraction of sp³-hybridized carbons (Fsp3) is 0.455. The molecule has 0 saturated carbocycles. The number of aryl methyl sites for hydroxylation is 1. The van der Waals surface area contributed by atoms with E-state index in [4.69, 9.17) is 4.42 Å². The fourth-order valence-corrected chi connectivity index (χ4v) is 2.48. The highest BCUT2D eigenvalue weighted by Crippen LogP contribution is 2.27. The van der Waals surface area contributed by atoms with Gasteiger partial charge >= 0.3 is 0 Å². The molecule has 4 nitrogen and oxygen atoms in total. The average molecular weight is 237 g/mol. The van der Waals surface area contributed by atoms with Crippen molar-refractivity contribution in [3.05, 3.63) is 34.7 Å². The minimum absolute atomic E-state index is 0.0787. The molecule has 0 bridgehead atoms. The fourth-order valence-electron chi connectivity index (χ4n) is 1.66. The second-order valence-electron chi connectivity index (χ2n) is 3.44. The Morgan fingerprint density at radius 2 is 2.38 bits per heavy atom. The van der Waals surface area contributed by atoms with Crippen molar-refractivity contribution in [2.45, 2.75) is 26.3 Å². The van der Waals surface area contributed by atoms with Crippen molar-refractivity contribution in [2.75, 3.05) is 6.54 Å². The van der Waals surface area contributed by atoms with Crippen molar-refractivity contribution in [2.24, 2.45) is 0 Å². The molecule has 0 aliphatic rings. The van der Waals surface area contributed by atoms with E-state index in [1.807, 2.05) is 12.1 Å². The first kappa shape index (κ1) is 11.3. The maximum atomic E-state index is 5.46. The van der Waals surface area contributed by atoms with Crippen molar-refractivity contribution in [3.8, 4) is 0 Å². The topological polar surface area (TPSA) is 51.0 Å². The van der Waals surface area contributed by atoms with E-state index < -0.39 is 0 Å². The Balaban J connectivity index is 2.33. The molecule has 2 rings (SSSR count). The standard InChI is InChI=1S/C11H15N3OS/c1-3-8-11(16-14-13-8)10(12-4-2)9-6-5-7-15-9/h5-7,10,12H,3-4H2,1-2H3. The summed E-state index contributed by atoms with van der Waals surface area (Å²) in [6, 6.07) is 3.96. The zero-order valence-electron chi connectivity index (χ0n) is 9.43. The molecular formula is C11H15N3OS. The van der Waals surface area contributed by atoms with Crippen molar-refractivity contribution in [1.29, 1.82) is 0 Å². The Labute approximate surface area is 98.8 Å². The van der Waals surface area contributed by atoms with Crippen LogP contribution in [-0.2, 0) is 6.42 Å². The lowest BCUT2D eigenvalue weighted by Crippen LogP contribution is -2.21. The van der Waals surface area contributed by atoms with E-state index >= 15 is 0 Å². The number of nitrogens with one attached hydrogen (secondary N) is 1. The van der Waals surface area contributed by atoms with E-state index in [1.54, 1.807) is 6.26 Å². The zero-order chi connectivity index (χ0) is 11.4. The molecule has 0 aromatic carbocycles. The Bertz CT molecular complexity index is 424. The van der Waals surface area contributed by atoms with E-state index in [0.29, 0.717) is 0 Å². The molecule has 2 aromatic heterocycles. The van der Waals surface area contributed by atoms with E-state index in [2.05, 4.69) is 28.8 Å². The lowest BCUT2D eigenvalue weighted by atomic mass is 10.1. The molecular weight excluding hydrogens is 222 g/mol. The summed E-state index contributed by atoms with van der Waals surface area (Å²) in [5, 5.41) is 7.53. The normalized spacial score (nSPS) is 12.9. The minimum atomic E-state index is 0.0787. The first-order chi connectivity index (χ1) is 7.86. The molecule has 1 N–H and O–H groups in total. The maximum absolute atomic E-state index is 5.46. The summed E-state index contributed by atoms with van der Waals surface area (Å²) in [5.41, 5.74) is 1.05. The van der Waals surface area contributed by atoms with Gasteiger partial charge in [0.2, 0.25) is 0 Å². The van der Waals surface area contributed by atoms with Crippen LogP contribution >= 0.6 is 11.5 Å². The second-order valence-corrected chi connectivity index (χ2v) is 4.23. The molecule has 0 spiro atoms. The molecule has 1 unspecified atom stereocenters. The Kier molecular flexibility index (Phi) is 3.69. The molecule has 16 heavy (non-hydrogen) atoms. The molecule has 5 heteroatoms. The van der Waals surface area contributed by atoms with Gasteiger partial charge in [0.15, 0.2) is 0 Å². The van der Waals surface area contributed by atoms with Gasteiger partial charge in [0.25, 0.3) is 0 Å². The van der Waals surface area contributed by atoms with Crippen molar-refractivity contribution in [3.63, 3.8) is 0 Å². The summed E-state index contributed by atoms with van der Waals surface area (Å²) in [6.45, 7) is 5.05. The predicted octanol–water partition coefficient (Wildman–Crippen LogP) is 2.39. The van der Waals surface area contributed by atoms with E-state index in [1.165, 1.54) is 11.5 Å². The smallest absolute Gasteiger partial charge is 0.126 e. The molecule has 1 atom stereocenters. The van der Waals surface area contributed by atoms with Crippen molar-refractivity contribution >= 4 is 11.5 Å². The second kappa shape index (κ2) is 5.23. The molecule has 0 amide bonds. The summed E-state index contributed by atoms with van der Waals surface area (Å²) in [7, 11) is 0. The van der Waals surface area contributed by atoms with Gasteiger partial charge in [0.05, 0.1) is 16.8 Å². The summed E-state index contributed by atoms with van der Waals surface area (Å²) >= 11 is 1.44. The van der Waals surface area contributed by atoms with Crippen LogP contribution in [0.5, 0.6) is 0 Å². The number of hydrogen-bond acceptors (Lipinski definition) is 5. The van der Waals surface area contributed by atoms with Gasteiger partial charge in [0.1, 0.15) is 11.8 Å². The third kappa shape index (κ3) is 2.15. The van der Waals surface area contributed by atoms with Crippen LogP contribution in [0.15, 0.2) is 22.8 Å². The SMILES string of the molecule is CCNC(c1ccco1)c1snnc1CC. The number of aromatic nitrogens is 2. The molecule has 86 valence electrons. The minimum Gasteiger partial charge on any atom is -0.467 e. The Morgan fingerprint density at radius 3 is 3.00 bits per heavy atom. The molecule has 2 heterocycles. The molecule has 2 aromatic rings. The lowest BCUT2D eigenvalue weighted by Gasteiger charge is -2.13. The van der Waals surface area contributed by atoms with E-state index in [-0.39, 0.29) is 6.04 Å². The van der Waals surface area contributed by atoms with Crippen molar-refractivity contribution < 1.29 is 4.42 Å². The summed E-state index contributed by atoms with van der Waals surface area (Å²) < 4.78 is 9.48. The number of furan rings is 1. The monoisotopic (exact) mass is 237 g/mol. The number of hydrogen-bond donors (Lipinski definition) is 1. The average Bonchev–Trinajstić information content (AvgIpc) is 2.96. The highest BCUT2D eigenvalue weighted by atomic mass is 32.1. The molecule has 0 aliphatic carbocycles. The van der Waals surface area contributed by atoms with Crippen LogP contribution < -0.4 is 5.32 Å². The van der Waals surface area contributed by atoms with E-state index in [9.17, 15) is 0 Å².